The summed E-state index contributed by atoms with van der Waals surface area (Å²) in [4.78, 5) is 10.3. The minimum absolute atomic E-state index is 0.111. The SMILES string of the molecule is Cc1cc(/C=N/c2ccc3ccccc3c2-c2c(/N=C/c3cc(C(C)(C)C)cc(C(C)(C)C)c3O)ccc3ccccc23)c(O)c(C(C)(C)C)c1. The van der Waals surface area contributed by atoms with Crippen LogP contribution in [0.2, 0.25) is 0 Å². The van der Waals surface area contributed by atoms with Crippen LogP contribution >= 0.6 is 0 Å². The van der Waals surface area contributed by atoms with Crippen LogP contribution in [-0.2, 0) is 16.2 Å². The standard InChI is InChI=1S/C47H50N2O2/c1-29-23-32(43(50)37(24-29)46(5,6)7)27-48-39-21-19-30-15-11-13-17-35(30)41(39)42-36-18-14-12-16-31(36)20-22-40(42)49-28-33-25-34(45(2,3)4)26-38(44(33)51)47(8,9)10/h11-28,50-51H,1-10H3/b48-27+,49-28+. The summed E-state index contributed by atoms with van der Waals surface area (Å²) in [5.41, 5.74) is 8.23. The molecule has 0 saturated heterocycles. The van der Waals surface area contributed by atoms with Crippen LogP contribution in [0.25, 0.3) is 32.7 Å². The molecule has 4 heteroatoms. The molecule has 0 fully saturated rings. The van der Waals surface area contributed by atoms with E-state index in [4.69, 9.17) is 9.98 Å². The number of hydrogen-bond acceptors (Lipinski definition) is 4. The average Bonchev–Trinajstić information content (AvgIpc) is 3.06. The van der Waals surface area contributed by atoms with E-state index in [2.05, 4.69) is 141 Å². The first-order valence-corrected chi connectivity index (χ1v) is 17.8. The normalized spacial score (nSPS) is 12.9. The Balaban J connectivity index is 1.61. The molecule has 0 saturated carbocycles. The number of aliphatic imine (C=N–C) groups is 2. The monoisotopic (exact) mass is 674 g/mol. The van der Waals surface area contributed by atoms with E-state index in [0.717, 1.165) is 66.3 Å². The van der Waals surface area contributed by atoms with Crippen LogP contribution in [0.5, 0.6) is 11.5 Å². The van der Waals surface area contributed by atoms with E-state index in [1.807, 2.05) is 25.1 Å². The van der Waals surface area contributed by atoms with Gasteiger partial charge in [0.15, 0.2) is 0 Å². The Morgan fingerprint density at radius 2 is 0.922 bits per heavy atom. The second kappa shape index (κ2) is 13.2. The predicted octanol–water partition coefficient (Wildman–Crippen LogP) is 12.8. The molecule has 2 N–H and O–H groups in total. The molecule has 0 aliphatic carbocycles. The molecule has 260 valence electrons. The summed E-state index contributed by atoms with van der Waals surface area (Å²) < 4.78 is 0. The third-order valence-electron chi connectivity index (χ3n) is 9.65. The Morgan fingerprint density at radius 3 is 1.37 bits per heavy atom. The van der Waals surface area contributed by atoms with Crippen molar-refractivity contribution >= 4 is 45.3 Å². The quantitative estimate of drug-likeness (QED) is 0.179. The van der Waals surface area contributed by atoms with E-state index in [1.54, 1.807) is 12.4 Å². The molecule has 0 heterocycles. The molecule has 0 radical (unpaired) electrons. The summed E-state index contributed by atoms with van der Waals surface area (Å²) in [5, 5.41) is 27.3. The lowest BCUT2D eigenvalue weighted by atomic mass is 9.79. The van der Waals surface area contributed by atoms with Gasteiger partial charge in [-0.25, -0.2) is 0 Å². The zero-order chi connectivity index (χ0) is 36.9. The maximum absolute atomic E-state index is 11.6. The van der Waals surface area contributed by atoms with E-state index >= 15 is 0 Å². The molecule has 6 aromatic rings. The summed E-state index contributed by atoms with van der Waals surface area (Å²) in [6.07, 6.45) is 3.59. The van der Waals surface area contributed by atoms with Crippen molar-refractivity contribution in [2.75, 3.05) is 0 Å². The Hall–Kier alpha value is -5.22. The van der Waals surface area contributed by atoms with Crippen LogP contribution < -0.4 is 0 Å². The molecule has 0 aliphatic rings. The molecule has 0 bridgehead atoms. The maximum Gasteiger partial charge on any atom is 0.128 e. The van der Waals surface area contributed by atoms with Gasteiger partial charge in [-0.05, 0) is 80.1 Å². The van der Waals surface area contributed by atoms with Crippen molar-refractivity contribution in [1.29, 1.82) is 0 Å². The number of nitrogens with zero attached hydrogens (tertiary/aromatic N) is 2. The van der Waals surface area contributed by atoms with Crippen LogP contribution in [0.3, 0.4) is 0 Å². The van der Waals surface area contributed by atoms with Crippen LogP contribution in [0.15, 0.2) is 107 Å². The largest absolute Gasteiger partial charge is 0.507 e. The highest BCUT2D eigenvalue weighted by Gasteiger charge is 2.25. The zero-order valence-corrected chi connectivity index (χ0v) is 31.7. The van der Waals surface area contributed by atoms with Gasteiger partial charge < -0.3 is 10.2 Å². The molecule has 0 aliphatic heterocycles. The molecule has 4 nitrogen and oxygen atoms in total. The summed E-state index contributed by atoms with van der Waals surface area (Å²) in [5.74, 6) is 0.506. The molecule has 0 spiro atoms. The van der Waals surface area contributed by atoms with Gasteiger partial charge in [-0.1, -0.05) is 135 Å². The second-order valence-corrected chi connectivity index (χ2v) is 16.8. The first-order chi connectivity index (χ1) is 23.9. The summed E-state index contributed by atoms with van der Waals surface area (Å²) in [6, 6.07) is 33.2. The average molecular weight is 675 g/mol. The Morgan fingerprint density at radius 1 is 0.490 bits per heavy atom. The maximum atomic E-state index is 11.6. The molecule has 6 rings (SSSR count). The highest BCUT2D eigenvalue weighted by Crippen LogP contribution is 2.46. The predicted molar refractivity (Wildman–Crippen MR) is 218 cm³/mol. The summed E-state index contributed by atoms with van der Waals surface area (Å²) >= 11 is 0. The van der Waals surface area contributed by atoms with Gasteiger partial charge >= 0.3 is 0 Å². The third-order valence-corrected chi connectivity index (χ3v) is 9.65. The zero-order valence-electron chi connectivity index (χ0n) is 31.7. The topological polar surface area (TPSA) is 65.2 Å². The number of aryl methyl sites for hydroxylation is 1. The lowest BCUT2D eigenvalue weighted by Crippen LogP contribution is -2.17. The number of aromatic hydroxyl groups is 2. The van der Waals surface area contributed by atoms with Crippen molar-refractivity contribution in [3.63, 3.8) is 0 Å². The second-order valence-electron chi connectivity index (χ2n) is 16.8. The van der Waals surface area contributed by atoms with Crippen LogP contribution in [0, 0.1) is 6.92 Å². The first-order valence-electron chi connectivity index (χ1n) is 17.8. The smallest absolute Gasteiger partial charge is 0.128 e. The Labute approximate surface area is 303 Å². The summed E-state index contributed by atoms with van der Waals surface area (Å²) in [6.45, 7) is 21.3. The van der Waals surface area contributed by atoms with Crippen LogP contribution in [-0.4, -0.2) is 22.6 Å². The molecular weight excluding hydrogens is 625 g/mol. The van der Waals surface area contributed by atoms with Gasteiger partial charge in [0.2, 0.25) is 0 Å². The minimum atomic E-state index is -0.253. The van der Waals surface area contributed by atoms with E-state index in [1.165, 1.54) is 0 Å². The number of benzene rings is 6. The molecule has 0 unspecified atom stereocenters. The van der Waals surface area contributed by atoms with E-state index in [0.29, 0.717) is 11.1 Å². The Bertz CT molecular complexity index is 2340. The highest BCUT2D eigenvalue weighted by atomic mass is 16.3. The van der Waals surface area contributed by atoms with Crippen molar-refractivity contribution < 1.29 is 10.2 Å². The van der Waals surface area contributed by atoms with Crippen molar-refractivity contribution in [1.82, 2.24) is 0 Å². The summed E-state index contributed by atoms with van der Waals surface area (Å²) in [7, 11) is 0. The van der Waals surface area contributed by atoms with Crippen molar-refractivity contribution in [3.8, 4) is 22.6 Å². The number of phenolic OH excluding ortho intramolecular Hbond substituents is 2. The number of fused-ring (bicyclic) bond motifs is 2. The molecule has 0 atom stereocenters. The van der Waals surface area contributed by atoms with E-state index in [-0.39, 0.29) is 27.7 Å². The van der Waals surface area contributed by atoms with Gasteiger partial charge in [0.1, 0.15) is 11.5 Å². The van der Waals surface area contributed by atoms with Gasteiger partial charge in [-0.3, -0.25) is 9.98 Å². The number of hydrogen-bond donors (Lipinski definition) is 2. The van der Waals surface area contributed by atoms with Gasteiger partial charge in [0.25, 0.3) is 0 Å². The van der Waals surface area contributed by atoms with Gasteiger partial charge in [0, 0.05) is 45.8 Å². The van der Waals surface area contributed by atoms with Crippen LogP contribution in [0.4, 0.5) is 11.4 Å². The highest BCUT2D eigenvalue weighted by molar-refractivity contribution is 6.13. The number of phenols is 2. The van der Waals surface area contributed by atoms with Gasteiger partial charge in [-0.2, -0.15) is 0 Å². The first kappa shape index (κ1) is 35.6. The molecule has 0 amide bonds. The number of rotatable bonds is 5. The van der Waals surface area contributed by atoms with E-state index in [9.17, 15) is 10.2 Å². The molecule has 0 aromatic heterocycles. The minimum Gasteiger partial charge on any atom is -0.507 e. The molecule has 51 heavy (non-hydrogen) atoms. The van der Waals surface area contributed by atoms with E-state index < -0.39 is 0 Å². The molecular formula is C47H50N2O2. The van der Waals surface area contributed by atoms with Crippen molar-refractivity contribution in [3.05, 3.63) is 130 Å². The van der Waals surface area contributed by atoms with Gasteiger partial charge in [0.05, 0.1) is 11.4 Å². The van der Waals surface area contributed by atoms with Crippen molar-refractivity contribution in [2.45, 2.75) is 85.5 Å². The fraction of sp³-hybridized carbons (Fsp3) is 0.277. The fourth-order valence-electron chi connectivity index (χ4n) is 6.78. The third kappa shape index (κ3) is 7.19. The molecule has 6 aromatic carbocycles. The fourth-order valence-corrected chi connectivity index (χ4v) is 6.78. The van der Waals surface area contributed by atoms with Gasteiger partial charge in [-0.15, -0.1) is 0 Å². The van der Waals surface area contributed by atoms with Crippen LogP contribution in [0.1, 0.15) is 95.7 Å². The van der Waals surface area contributed by atoms with Crippen molar-refractivity contribution in [2.24, 2.45) is 9.98 Å². The Kier molecular flexibility index (Phi) is 9.18. The lowest BCUT2D eigenvalue weighted by molar-refractivity contribution is 0.443. The lowest BCUT2D eigenvalue weighted by Gasteiger charge is -2.27.